The number of hydrogen-bond donors (Lipinski definition) is 1. The van der Waals surface area contributed by atoms with E-state index in [-0.39, 0.29) is 11.3 Å². The summed E-state index contributed by atoms with van der Waals surface area (Å²) in [6.07, 6.45) is 13.0. The molecule has 0 radical (unpaired) electrons. The minimum Gasteiger partial charge on any atom is -0.390 e. The predicted molar refractivity (Wildman–Crippen MR) is 120 cm³/mol. The summed E-state index contributed by atoms with van der Waals surface area (Å²) < 4.78 is 1.90. The number of aliphatic hydroxyl groups is 1. The van der Waals surface area contributed by atoms with Crippen molar-refractivity contribution >= 4 is 5.78 Å². The first-order valence-electron chi connectivity index (χ1n) is 12.4. The molecule has 1 heterocycles. The molecule has 168 valence electrons. The number of rotatable bonds is 6. The van der Waals surface area contributed by atoms with Gasteiger partial charge in [-0.3, -0.25) is 9.48 Å². The second kappa shape index (κ2) is 8.41. The van der Waals surface area contributed by atoms with Gasteiger partial charge in [0.25, 0.3) is 0 Å². The van der Waals surface area contributed by atoms with Crippen molar-refractivity contribution in [2.45, 2.75) is 110 Å². The molecule has 1 aromatic heterocycles. The summed E-state index contributed by atoms with van der Waals surface area (Å²) >= 11 is 0. The smallest absolute Gasteiger partial charge is 0.157 e. The van der Waals surface area contributed by atoms with Crippen LogP contribution in [0.25, 0.3) is 0 Å². The van der Waals surface area contributed by atoms with Gasteiger partial charge in [-0.15, -0.1) is 0 Å². The molecule has 0 saturated heterocycles. The van der Waals surface area contributed by atoms with Crippen LogP contribution in [0.2, 0.25) is 0 Å². The minimum atomic E-state index is -0.443. The van der Waals surface area contributed by atoms with Gasteiger partial charge < -0.3 is 5.11 Å². The first kappa shape index (κ1) is 22.0. The number of carbonyl (C=O) groups is 1. The summed E-state index contributed by atoms with van der Waals surface area (Å²) in [5.41, 5.74) is 1.79. The Morgan fingerprint density at radius 1 is 1.17 bits per heavy atom. The lowest BCUT2D eigenvalue weighted by Crippen LogP contribution is -2.41. The van der Waals surface area contributed by atoms with Gasteiger partial charge in [0, 0.05) is 11.6 Å². The molecule has 1 N–H and O–H groups in total. The Balaban J connectivity index is 1.38. The molecule has 1 aromatic rings. The Kier molecular flexibility index (Phi) is 6.18. The SMILES string of the molecule is Cc1cc(C)n(CC(=O)C2CCCC2(C)CCC2CCCC3CC(C)(O)CCC23)n1. The van der Waals surface area contributed by atoms with Crippen LogP contribution < -0.4 is 0 Å². The normalized spacial score (nSPS) is 39.1. The highest BCUT2D eigenvalue weighted by atomic mass is 16.3. The van der Waals surface area contributed by atoms with E-state index in [1.807, 2.05) is 25.5 Å². The van der Waals surface area contributed by atoms with Gasteiger partial charge >= 0.3 is 0 Å². The lowest BCUT2D eigenvalue weighted by molar-refractivity contribution is -0.127. The van der Waals surface area contributed by atoms with E-state index in [0.29, 0.717) is 18.2 Å². The number of aryl methyl sites for hydroxylation is 2. The number of hydrogen-bond acceptors (Lipinski definition) is 3. The van der Waals surface area contributed by atoms with Crippen molar-refractivity contribution in [1.29, 1.82) is 0 Å². The van der Waals surface area contributed by atoms with E-state index in [4.69, 9.17) is 0 Å². The second-order valence-corrected chi connectivity index (χ2v) is 11.5. The third-order valence-corrected chi connectivity index (χ3v) is 9.04. The fourth-order valence-corrected chi connectivity index (χ4v) is 7.37. The lowest BCUT2D eigenvalue weighted by Gasteiger charge is -2.47. The van der Waals surface area contributed by atoms with Gasteiger partial charge in [-0.25, -0.2) is 0 Å². The Bertz CT molecular complexity index is 767. The van der Waals surface area contributed by atoms with Crippen molar-refractivity contribution in [3.05, 3.63) is 17.5 Å². The van der Waals surface area contributed by atoms with Crippen LogP contribution in [0.1, 0.15) is 95.9 Å². The summed E-state index contributed by atoms with van der Waals surface area (Å²) in [6, 6.07) is 2.06. The van der Waals surface area contributed by atoms with Crippen LogP contribution in [0.4, 0.5) is 0 Å². The monoisotopic (exact) mass is 414 g/mol. The van der Waals surface area contributed by atoms with Crippen LogP contribution in [0.5, 0.6) is 0 Å². The van der Waals surface area contributed by atoms with E-state index in [0.717, 1.165) is 42.5 Å². The van der Waals surface area contributed by atoms with Crippen LogP contribution in [-0.2, 0) is 11.3 Å². The molecule has 6 unspecified atom stereocenters. The Labute approximate surface area is 182 Å². The highest BCUT2D eigenvalue weighted by Gasteiger charge is 2.45. The number of fused-ring (bicyclic) bond motifs is 1. The van der Waals surface area contributed by atoms with E-state index in [1.165, 1.54) is 51.4 Å². The molecule has 4 heteroatoms. The van der Waals surface area contributed by atoms with Crippen molar-refractivity contribution in [1.82, 2.24) is 9.78 Å². The Morgan fingerprint density at radius 2 is 1.97 bits per heavy atom. The summed E-state index contributed by atoms with van der Waals surface area (Å²) in [5, 5.41) is 15.1. The van der Waals surface area contributed by atoms with E-state index >= 15 is 0 Å². The molecule has 3 aliphatic rings. The maximum Gasteiger partial charge on any atom is 0.157 e. The van der Waals surface area contributed by atoms with E-state index < -0.39 is 5.60 Å². The fraction of sp³-hybridized carbons (Fsp3) is 0.846. The standard InChI is InChI=1S/C26H42N2O2/c1-18-15-19(2)28(27-18)17-24(29)23-9-6-12-25(23,3)13-10-20-7-5-8-21-16-26(4,30)14-11-22(20)21/h15,20-23,30H,5-14,16-17H2,1-4H3. The molecule has 0 spiro atoms. The zero-order valence-corrected chi connectivity index (χ0v) is 19.6. The first-order chi connectivity index (χ1) is 14.2. The van der Waals surface area contributed by atoms with Gasteiger partial charge in [-0.1, -0.05) is 32.6 Å². The molecule has 6 atom stereocenters. The molecule has 4 rings (SSSR count). The molecule has 0 amide bonds. The molecule has 3 saturated carbocycles. The van der Waals surface area contributed by atoms with Crippen molar-refractivity contribution < 1.29 is 9.90 Å². The second-order valence-electron chi connectivity index (χ2n) is 11.5. The molecule has 30 heavy (non-hydrogen) atoms. The van der Waals surface area contributed by atoms with Gasteiger partial charge in [0.05, 0.1) is 11.3 Å². The molecule has 0 bridgehead atoms. The summed E-state index contributed by atoms with van der Waals surface area (Å²) in [6.45, 7) is 8.89. The van der Waals surface area contributed by atoms with Gasteiger partial charge in [-0.05, 0) is 95.0 Å². The first-order valence-corrected chi connectivity index (χ1v) is 12.4. The predicted octanol–water partition coefficient (Wildman–Crippen LogP) is 5.62. The quantitative estimate of drug-likeness (QED) is 0.657. The molecule has 0 aromatic carbocycles. The van der Waals surface area contributed by atoms with Gasteiger partial charge in [-0.2, -0.15) is 5.10 Å². The molecular formula is C26H42N2O2. The molecule has 3 aliphatic carbocycles. The molecule has 3 fully saturated rings. The summed E-state index contributed by atoms with van der Waals surface area (Å²) in [4.78, 5) is 13.3. The zero-order valence-electron chi connectivity index (χ0n) is 19.6. The third kappa shape index (κ3) is 4.54. The summed E-state index contributed by atoms with van der Waals surface area (Å²) in [5.74, 6) is 2.88. The maximum absolute atomic E-state index is 13.3. The van der Waals surface area contributed by atoms with E-state index in [2.05, 4.69) is 18.1 Å². The number of aromatic nitrogens is 2. The third-order valence-electron chi connectivity index (χ3n) is 9.04. The molecular weight excluding hydrogens is 372 g/mol. The van der Waals surface area contributed by atoms with Crippen LogP contribution in [0, 0.1) is 42.9 Å². The number of carbonyl (C=O) groups excluding carboxylic acids is 1. The molecule has 0 aliphatic heterocycles. The zero-order chi connectivity index (χ0) is 21.5. The number of Topliss-reactive ketones (excluding diaryl/α,β-unsaturated/α-hetero) is 1. The van der Waals surface area contributed by atoms with E-state index in [9.17, 15) is 9.90 Å². The Morgan fingerprint density at radius 3 is 2.70 bits per heavy atom. The number of nitrogens with zero attached hydrogens (tertiary/aromatic N) is 2. The van der Waals surface area contributed by atoms with E-state index in [1.54, 1.807) is 0 Å². The van der Waals surface area contributed by atoms with Gasteiger partial charge in [0.1, 0.15) is 6.54 Å². The van der Waals surface area contributed by atoms with Gasteiger partial charge in [0.15, 0.2) is 5.78 Å². The van der Waals surface area contributed by atoms with Crippen LogP contribution in [0.3, 0.4) is 0 Å². The summed E-state index contributed by atoms with van der Waals surface area (Å²) in [7, 11) is 0. The van der Waals surface area contributed by atoms with Crippen molar-refractivity contribution in [2.24, 2.45) is 29.1 Å². The van der Waals surface area contributed by atoms with Crippen LogP contribution >= 0.6 is 0 Å². The lowest BCUT2D eigenvalue weighted by atomic mass is 9.60. The van der Waals surface area contributed by atoms with Crippen molar-refractivity contribution in [2.75, 3.05) is 0 Å². The van der Waals surface area contributed by atoms with Crippen LogP contribution in [-0.4, -0.2) is 26.3 Å². The largest absolute Gasteiger partial charge is 0.390 e. The maximum atomic E-state index is 13.3. The fourth-order valence-electron chi connectivity index (χ4n) is 7.37. The average molecular weight is 415 g/mol. The minimum absolute atomic E-state index is 0.153. The average Bonchev–Trinajstić information content (AvgIpc) is 3.20. The Hall–Kier alpha value is -1.16. The topological polar surface area (TPSA) is 55.1 Å². The highest BCUT2D eigenvalue weighted by molar-refractivity contribution is 5.82. The van der Waals surface area contributed by atoms with Crippen LogP contribution in [0.15, 0.2) is 6.07 Å². The van der Waals surface area contributed by atoms with Gasteiger partial charge in [0.2, 0.25) is 0 Å². The van der Waals surface area contributed by atoms with Crippen molar-refractivity contribution in [3.8, 4) is 0 Å². The highest BCUT2D eigenvalue weighted by Crippen LogP contribution is 2.52. The molecule has 4 nitrogen and oxygen atoms in total. The number of ketones is 1. The van der Waals surface area contributed by atoms with Crippen molar-refractivity contribution in [3.63, 3.8) is 0 Å².